The summed E-state index contributed by atoms with van der Waals surface area (Å²) in [5, 5.41) is 0. The van der Waals surface area contributed by atoms with Crippen molar-refractivity contribution in [1.29, 1.82) is 0 Å². The Labute approximate surface area is 91.6 Å². The molecule has 0 radical (unpaired) electrons. The van der Waals surface area contributed by atoms with Gasteiger partial charge < -0.3 is 0 Å². The number of hydrogen-bond acceptors (Lipinski definition) is 0. The molecule has 0 aliphatic heterocycles. The smallest absolute Gasteiger partial charge is 0.0256 e. The second-order valence-corrected chi connectivity index (χ2v) is 3.93. The highest BCUT2D eigenvalue weighted by Gasteiger charge is 1.92. The van der Waals surface area contributed by atoms with Gasteiger partial charge in [0.15, 0.2) is 0 Å². The first-order valence-electron chi connectivity index (χ1n) is 5.46. The van der Waals surface area contributed by atoms with E-state index in [9.17, 15) is 0 Å². The van der Waals surface area contributed by atoms with Gasteiger partial charge in [-0.05, 0) is 30.9 Å². The lowest BCUT2D eigenvalue weighted by atomic mass is 10.1. The van der Waals surface area contributed by atoms with Gasteiger partial charge in [-0.15, -0.1) is 0 Å². The molecule has 0 atom stereocenters. The zero-order valence-electron chi connectivity index (χ0n) is 9.11. The van der Waals surface area contributed by atoms with Crippen LogP contribution in [0.1, 0.15) is 24.0 Å². The molecule has 15 heavy (non-hydrogen) atoms. The summed E-state index contributed by atoms with van der Waals surface area (Å²) in [5.41, 5.74) is 3.89. The maximum Gasteiger partial charge on any atom is -0.0256 e. The Bertz CT molecular complexity index is 402. The third-order valence-electron chi connectivity index (χ3n) is 2.57. The maximum absolute atomic E-state index is 2.28. The van der Waals surface area contributed by atoms with Crippen LogP contribution in [-0.4, -0.2) is 0 Å². The van der Waals surface area contributed by atoms with E-state index in [4.69, 9.17) is 0 Å². The molecular formula is C15H16. The molecule has 0 fully saturated rings. The van der Waals surface area contributed by atoms with Crippen LogP contribution in [0.3, 0.4) is 0 Å². The van der Waals surface area contributed by atoms with Crippen LogP contribution < -0.4 is 0 Å². The highest BCUT2D eigenvalue weighted by Crippen LogP contribution is 2.13. The van der Waals surface area contributed by atoms with E-state index >= 15 is 0 Å². The van der Waals surface area contributed by atoms with Gasteiger partial charge in [-0.3, -0.25) is 0 Å². The Balaban J connectivity index is 2.08. The molecule has 1 aliphatic rings. The first-order valence-corrected chi connectivity index (χ1v) is 5.46. The minimum Gasteiger partial charge on any atom is -0.0836 e. The number of allylic oxidation sites excluding steroid dienone is 5. The van der Waals surface area contributed by atoms with Crippen LogP contribution in [0.2, 0.25) is 0 Å². The molecule has 0 unspecified atom stereocenters. The molecule has 0 heterocycles. The molecule has 1 aliphatic carbocycles. The van der Waals surface area contributed by atoms with Gasteiger partial charge in [0.25, 0.3) is 0 Å². The largest absolute Gasteiger partial charge is 0.0836 e. The zero-order chi connectivity index (χ0) is 10.5. The second kappa shape index (κ2) is 4.79. The third-order valence-corrected chi connectivity index (χ3v) is 2.57. The molecule has 0 saturated carbocycles. The number of aryl methyl sites for hydroxylation is 1. The summed E-state index contributed by atoms with van der Waals surface area (Å²) >= 11 is 0. The molecule has 76 valence electrons. The molecule has 0 amide bonds. The number of hydrogen-bond donors (Lipinski definition) is 0. The van der Waals surface area contributed by atoms with Gasteiger partial charge in [0.1, 0.15) is 0 Å². The molecule has 0 N–H and O–H groups in total. The molecular weight excluding hydrogens is 180 g/mol. The molecule has 0 saturated heterocycles. The Morgan fingerprint density at radius 2 is 1.80 bits per heavy atom. The van der Waals surface area contributed by atoms with E-state index in [2.05, 4.69) is 61.6 Å². The van der Waals surface area contributed by atoms with Crippen LogP contribution >= 0.6 is 0 Å². The first-order chi connectivity index (χ1) is 7.34. The number of rotatable bonds is 2. The molecule has 2 rings (SSSR count). The fourth-order valence-electron chi connectivity index (χ4n) is 1.63. The van der Waals surface area contributed by atoms with Crippen LogP contribution in [0, 0.1) is 6.92 Å². The average molecular weight is 196 g/mol. The number of benzene rings is 1. The monoisotopic (exact) mass is 196 g/mol. The highest BCUT2D eigenvalue weighted by molar-refractivity contribution is 5.55. The standard InChI is InChI=1S/C15H16/c1-13-7-9-15(10-8-13)12-11-14-5-3-2-4-6-14/h3,5-12H,2,4H2,1H3/b12-11+. The highest BCUT2D eigenvalue weighted by atomic mass is 14.0. The summed E-state index contributed by atoms with van der Waals surface area (Å²) in [7, 11) is 0. The first kappa shape index (κ1) is 9.97. The average Bonchev–Trinajstić information content (AvgIpc) is 2.30. The van der Waals surface area contributed by atoms with Crippen molar-refractivity contribution in [3.05, 3.63) is 65.3 Å². The fourth-order valence-corrected chi connectivity index (χ4v) is 1.63. The Hall–Kier alpha value is -1.56. The summed E-state index contributed by atoms with van der Waals surface area (Å²) < 4.78 is 0. The topological polar surface area (TPSA) is 0 Å². The van der Waals surface area contributed by atoms with Crippen LogP contribution in [0.15, 0.2) is 54.1 Å². The van der Waals surface area contributed by atoms with Crippen LogP contribution in [-0.2, 0) is 0 Å². The van der Waals surface area contributed by atoms with Crippen LogP contribution in [0.4, 0.5) is 0 Å². The molecule has 1 aromatic carbocycles. The molecule has 1 aromatic rings. The third kappa shape index (κ3) is 2.95. The van der Waals surface area contributed by atoms with E-state index in [0.717, 1.165) is 0 Å². The lowest BCUT2D eigenvalue weighted by Gasteiger charge is -2.01. The van der Waals surface area contributed by atoms with E-state index < -0.39 is 0 Å². The van der Waals surface area contributed by atoms with E-state index in [1.54, 1.807) is 0 Å². The van der Waals surface area contributed by atoms with Crippen LogP contribution in [0.25, 0.3) is 6.08 Å². The van der Waals surface area contributed by atoms with Crippen molar-refractivity contribution in [3.8, 4) is 0 Å². The van der Waals surface area contributed by atoms with Crippen molar-refractivity contribution in [1.82, 2.24) is 0 Å². The van der Waals surface area contributed by atoms with Crippen molar-refractivity contribution in [2.24, 2.45) is 0 Å². The van der Waals surface area contributed by atoms with Crippen molar-refractivity contribution < 1.29 is 0 Å². The van der Waals surface area contributed by atoms with Gasteiger partial charge in [-0.1, -0.05) is 60.2 Å². The molecule has 0 nitrogen and oxygen atoms in total. The van der Waals surface area contributed by atoms with Gasteiger partial charge in [-0.2, -0.15) is 0 Å². The van der Waals surface area contributed by atoms with E-state index in [1.807, 2.05) is 0 Å². The maximum atomic E-state index is 2.28. The van der Waals surface area contributed by atoms with Gasteiger partial charge in [0.2, 0.25) is 0 Å². The van der Waals surface area contributed by atoms with Crippen molar-refractivity contribution in [2.75, 3.05) is 0 Å². The van der Waals surface area contributed by atoms with Crippen molar-refractivity contribution in [3.63, 3.8) is 0 Å². The van der Waals surface area contributed by atoms with Crippen molar-refractivity contribution >= 4 is 6.08 Å². The Kier molecular flexibility index (Phi) is 3.18. The van der Waals surface area contributed by atoms with Gasteiger partial charge in [0.05, 0.1) is 0 Å². The second-order valence-electron chi connectivity index (χ2n) is 3.93. The molecule has 0 bridgehead atoms. The fraction of sp³-hybridized carbons (Fsp3) is 0.200. The summed E-state index contributed by atoms with van der Waals surface area (Å²) in [4.78, 5) is 0. The zero-order valence-corrected chi connectivity index (χ0v) is 9.11. The predicted molar refractivity (Wildman–Crippen MR) is 66.7 cm³/mol. The molecule has 0 heteroatoms. The van der Waals surface area contributed by atoms with Crippen LogP contribution in [0.5, 0.6) is 0 Å². The van der Waals surface area contributed by atoms with E-state index in [1.165, 1.54) is 29.5 Å². The van der Waals surface area contributed by atoms with Gasteiger partial charge in [-0.25, -0.2) is 0 Å². The van der Waals surface area contributed by atoms with E-state index in [0.29, 0.717) is 0 Å². The predicted octanol–water partition coefficient (Wildman–Crippen LogP) is 4.28. The quantitative estimate of drug-likeness (QED) is 0.662. The van der Waals surface area contributed by atoms with Crippen molar-refractivity contribution in [2.45, 2.75) is 19.8 Å². The minimum absolute atomic E-state index is 1.17. The molecule has 0 aromatic heterocycles. The summed E-state index contributed by atoms with van der Waals surface area (Å²) in [5.74, 6) is 0. The Morgan fingerprint density at radius 3 is 2.47 bits per heavy atom. The van der Waals surface area contributed by atoms with Gasteiger partial charge in [0, 0.05) is 0 Å². The summed E-state index contributed by atoms with van der Waals surface area (Å²) in [6.07, 6.45) is 13.4. The van der Waals surface area contributed by atoms with Gasteiger partial charge >= 0.3 is 0 Å². The molecule has 0 spiro atoms. The Morgan fingerprint density at radius 1 is 1.00 bits per heavy atom. The summed E-state index contributed by atoms with van der Waals surface area (Å²) in [6.45, 7) is 2.11. The lowest BCUT2D eigenvalue weighted by molar-refractivity contribution is 1.03. The SMILES string of the molecule is Cc1ccc(/C=C/C2=CCCC=C2)cc1. The lowest BCUT2D eigenvalue weighted by Crippen LogP contribution is -1.80. The van der Waals surface area contributed by atoms with E-state index in [-0.39, 0.29) is 0 Å². The normalized spacial score (nSPS) is 15.7. The summed E-state index contributed by atoms with van der Waals surface area (Å²) in [6, 6.07) is 8.59. The minimum atomic E-state index is 1.17.